The third kappa shape index (κ3) is 5.43. The van der Waals surface area contributed by atoms with E-state index in [1.54, 1.807) is 0 Å². The van der Waals surface area contributed by atoms with Gasteiger partial charge in [0.25, 0.3) is 5.91 Å². The molecule has 0 radical (unpaired) electrons. The average Bonchev–Trinajstić information content (AvgIpc) is 2.70. The van der Waals surface area contributed by atoms with E-state index in [0.717, 1.165) is 17.7 Å². The van der Waals surface area contributed by atoms with Crippen molar-refractivity contribution in [2.24, 2.45) is 0 Å². The Hall–Kier alpha value is -3.16. The zero-order valence-corrected chi connectivity index (χ0v) is 16.0. The maximum Gasteiger partial charge on any atom is 0.254 e. The first-order valence-corrected chi connectivity index (χ1v) is 9.36. The molecule has 3 rings (SSSR count). The van der Waals surface area contributed by atoms with Gasteiger partial charge in [-0.25, -0.2) is 8.78 Å². The van der Waals surface area contributed by atoms with Crippen LogP contribution in [0.2, 0.25) is 0 Å². The van der Waals surface area contributed by atoms with Gasteiger partial charge in [0.1, 0.15) is 24.8 Å². The molecule has 0 saturated carbocycles. The van der Waals surface area contributed by atoms with E-state index in [4.69, 9.17) is 9.47 Å². The highest BCUT2D eigenvalue weighted by Crippen LogP contribution is 2.32. The van der Waals surface area contributed by atoms with Crippen LogP contribution in [0.1, 0.15) is 41.7 Å². The van der Waals surface area contributed by atoms with Crippen LogP contribution in [0.3, 0.4) is 0 Å². The van der Waals surface area contributed by atoms with Crippen molar-refractivity contribution in [3.8, 4) is 11.5 Å². The Morgan fingerprint density at radius 3 is 2.59 bits per heavy atom. The van der Waals surface area contributed by atoms with Crippen LogP contribution in [0.5, 0.6) is 11.5 Å². The van der Waals surface area contributed by atoms with Gasteiger partial charge in [-0.05, 0) is 43.2 Å². The highest BCUT2D eigenvalue weighted by atomic mass is 19.1. The number of carbonyl (C=O) groups excluding carboxylic acids is 2. The number of carbonyl (C=O) groups is 2. The average molecular weight is 404 g/mol. The zero-order chi connectivity index (χ0) is 20.8. The molecule has 29 heavy (non-hydrogen) atoms. The number of hydrogen-bond donors (Lipinski definition) is 2. The van der Waals surface area contributed by atoms with Gasteiger partial charge in [-0.3, -0.25) is 9.59 Å². The number of benzene rings is 2. The van der Waals surface area contributed by atoms with Crippen LogP contribution < -0.4 is 20.1 Å². The summed E-state index contributed by atoms with van der Waals surface area (Å²) in [7, 11) is 0. The Kier molecular flexibility index (Phi) is 6.64. The molecule has 2 aromatic carbocycles. The number of nitrogens with one attached hydrogen (secondary N) is 2. The summed E-state index contributed by atoms with van der Waals surface area (Å²) in [4.78, 5) is 24.0. The maximum absolute atomic E-state index is 13.6. The van der Waals surface area contributed by atoms with Gasteiger partial charge in [-0.2, -0.15) is 0 Å². The van der Waals surface area contributed by atoms with Gasteiger partial charge in [-0.1, -0.05) is 6.07 Å². The Bertz CT molecular complexity index is 904. The normalized spacial score (nSPS) is 13.5. The van der Waals surface area contributed by atoms with Crippen molar-refractivity contribution in [3.63, 3.8) is 0 Å². The third-order valence-electron chi connectivity index (χ3n) is 4.49. The lowest BCUT2D eigenvalue weighted by Gasteiger charge is -2.21. The minimum atomic E-state index is -0.923. The zero-order valence-electron chi connectivity index (χ0n) is 16.0. The largest absolute Gasteiger partial charge is 0.486 e. The van der Waals surface area contributed by atoms with Crippen LogP contribution in [0.4, 0.5) is 8.78 Å². The van der Waals surface area contributed by atoms with E-state index in [0.29, 0.717) is 37.2 Å². The summed E-state index contributed by atoms with van der Waals surface area (Å²) in [5.74, 6) is -1.14. The molecule has 0 unspecified atom stereocenters. The number of halogens is 2. The number of ether oxygens (including phenoxy) is 2. The van der Waals surface area contributed by atoms with Crippen LogP contribution in [0.15, 0.2) is 36.4 Å². The molecule has 0 bridgehead atoms. The van der Waals surface area contributed by atoms with E-state index in [1.807, 2.05) is 25.1 Å². The van der Waals surface area contributed by atoms with Gasteiger partial charge in [0.05, 0.1) is 11.6 Å². The topological polar surface area (TPSA) is 76.7 Å². The molecule has 1 heterocycles. The van der Waals surface area contributed by atoms with Gasteiger partial charge in [0.15, 0.2) is 11.5 Å². The smallest absolute Gasteiger partial charge is 0.254 e. The molecule has 2 N–H and O–H groups in total. The molecule has 1 aliphatic heterocycles. The minimum Gasteiger partial charge on any atom is -0.486 e. The van der Waals surface area contributed by atoms with Crippen molar-refractivity contribution in [3.05, 3.63) is 59.2 Å². The van der Waals surface area contributed by atoms with Crippen LogP contribution in [0, 0.1) is 11.6 Å². The Morgan fingerprint density at radius 2 is 1.83 bits per heavy atom. The molecular weight excluding hydrogens is 382 g/mol. The standard InChI is InChI=1S/C21H22F2N2O4/c1-13(14-4-7-18-19(11-14)29-10-9-28-18)25-20(26)3-2-8-24-21(27)16-6-5-15(22)12-17(16)23/h4-7,11-13H,2-3,8-10H2,1H3,(H,24,27)(H,25,26)/t13-/m0/s1. The first-order valence-electron chi connectivity index (χ1n) is 9.36. The van der Waals surface area contributed by atoms with Crippen LogP contribution in [0.25, 0.3) is 0 Å². The van der Waals surface area contributed by atoms with Crippen LogP contribution in [-0.4, -0.2) is 31.6 Å². The summed E-state index contributed by atoms with van der Waals surface area (Å²) in [5.41, 5.74) is 0.658. The molecule has 154 valence electrons. The SMILES string of the molecule is C[C@H](NC(=O)CCCNC(=O)c1ccc(F)cc1F)c1ccc2c(c1)OCCO2. The summed E-state index contributed by atoms with van der Waals surface area (Å²) in [6.45, 7) is 3.07. The lowest BCUT2D eigenvalue weighted by molar-refractivity contribution is -0.121. The number of fused-ring (bicyclic) bond motifs is 1. The quantitative estimate of drug-likeness (QED) is 0.696. The molecule has 0 aromatic heterocycles. The summed E-state index contributed by atoms with van der Waals surface area (Å²) in [5, 5.41) is 5.41. The summed E-state index contributed by atoms with van der Waals surface area (Å²) >= 11 is 0. The van der Waals surface area contributed by atoms with Crippen molar-refractivity contribution in [1.29, 1.82) is 0 Å². The molecular formula is C21H22F2N2O4. The Morgan fingerprint density at radius 1 is 1.07 bits per heavy atom. The predicted molar refractivity (Wildman–Crippen MR) is 102 cm³/mol. The Labute approximate surface area is 167 Å². The van der Waals surface area contributed by atoms with Crippen molar-refractivity contribution in [2.75, 3.05) is 19.8 Å². The van der Waals surface area contributed by atoms with Crippen LogP contribution in [-0.2, 0) is 4.79 Å². The second-order valence-electron chi connectivity index (χ2n) is 6.68. The molecule has 6 nitrogen and oxygen atoms in total. The van der Waals surface area contributed by atoms with E-state index in [2.05, 4.69) is 10.6 Å². The lowest BCUT2D eigenvalue weighted by Crippen LogP contribution is -2.29. The van der Waals surface area contributed by atoms with Crippen LogP contribution >= 0.6 is 0 Å². The molecule has 1 atom stereocenters. The van der Waals surface area contributed by atoms with Crippen molar-refractivity contribution >= 4 is 11.8 Å². The Balaban J connectivity index is 1.42. The van der Waals surface area contributed by atoms with Crippen molar-refractivity contribution < 1.29 is 27.8 Å². The first-order chi connectivity index (χ1) is 13.9. The van der Waals surface area contributed by atoms with E-state index >= 15 is 0 Å². The first kappa shape index (κ1) is 20.6. The minimum absolute atomic E-state index is 0.172. The molecule has 0 saturated heterocycles. The van der Waals surface area contributed by atoms with Gasteiger partial charge < -0.3 is 20.1 Å². The van der Waals surface area contributed by atoms with E-state index in [-0.39, 0.29) is 30.5 Å². The fourth-order valence-corrected chi connectivity index (χ4v) is 2.95. The third-order valence-corrected chi connectivity index (χ3v) is 4.49. The van der Waals surface area contributed by atoms with E-state index in [1.165, 1.54) is 0 Å². The molecule has 0 aliphatic carbocycles. The van der Waals surface area contributed by atoms with Gasteiger partial charge in [0, 0.05) is 19.0 Å². The number of amides is 2. The highest BCUT2D eigenvalue weighted by Gasteiger charge is 2.16. The van der Waals surface area contributed by atoms with Crippen molar-refractivity contribution in [2.45, 2.75) is 25.8 Å². The molecule has 2 amide bonds. The summed E-state index contributed by atoms with van der Waals surface area (Å²) in [6.07, 6.45) is 0.579. The molecule has 0 fully saturated rings. The van der Waals surface area contributed by atoms with Gasteiger partial charge >= 0.3 is 0 Å². The molecule has 2 aromatic rings. The molecule has 8 heteroatoms. The number of hydrogen-bond acceptors (Lipinski definition) is 4. The molecule has 0 spiro atoms. The monoisotopic (exact) mass is 404 g/mol. The predicted octanol–water partition coefficient (Wildman–Crippen LogP) is 3.12. The fraction of sp³-hybridized carbons (Fsp3) is 0.333. The van der Waals surface area contributed by atoms with E-state index in [9.17, 15) is 18.4 Å². The second kappa shape index (κ2) is 9.36. The lowest BCUT2D eigenvalue weighted by atomic mass is 10.1. The van der Waals surface area contributed by atoms with Gasteiger partial charge in [-0.15, -0.1) is 0 Å². The summed E-state index contributed by atoms with van der Waals surface area (Å²) in [6, 6.07) is 8.07. The molecule has 1 aliphatic rings. The maximum atomic E-state index is 13.6. The number of rotatable bonds is 7. The van der Waals surface area contributed by atoms with Crippen molar-refractivity contribution in [1.82, 2.24) is 10.6 Å². The van der Waals surface area contributed by atoms with E-state index < -0.39 is 17.5 Å². The highest BCUT2D eigenvalue weighted by molar-refractivity contribution is 5.94. The fourth-order valence-electron chi connectivity index (χ4n) is 2.95. The summed E-state index contributed by atoms with van der Waals surface area (Å²) < 4.78 is 37.5. The van der Waals surface area contributed by atoms with Gasteiger partial charge in [0.2, 0.25) is 5.91 Å². The second-order valence-corrected chi connectivity index (χ2v) is 6.68.